The molecule has 0 aromatic carbocycles. The van der Waals surface area contributed by atoms with Gasteiger partial charge in [-0.05, 0) is 43.9 Å². The van der Waals surface area contributed by atoms with Crippen LogP contribution in [0.1, 0.15) is 56.9 Å². The average Bonchev–Trinajstić information content (AvgIpc) is 3.52. The number of nitrogens with one attached hydrogen (secondary N) is 1. The van der Waals surface area contributed by atoms with Crippen LogP contribution in [0.3, 0.4) is 0 Å². The Labute approximate surface area is 168 Å². The number of anilines is 1. The first-order chi connectivity index (χ1) is 14.1. The summed E-state index contributed by atoms with van der Waals surface area (Å²) in [4.78, 5) is 48.4. The number of ether oxygens (including phenoxy) is 1. The standard InChI is InChI=1S/C21H24N4O4/c26-18(15-12-17(23-13-15)20(27)25-10-3-4-11-25)14-29-21(28)16-6-5-7-22-19(16)24-8-1-2-9-24/h5-7,12-13,23H,1-4,8-11,14H2. The van der Waals surface area contributed by atoms with Crippen LogP contribution in [0.4, 0.5) is 5.82 Å². The number of carbonyl (C=O) groups excluding carboxylic acids is 3. The highest BCUT2D eigenvalue weighted by Gasteiger charge is 2.24. The number of H-pyrrole nitrogens is 1. The van der Waals surface area contributed by atoms with Crippen molar-refractivity contribution in [1.82, 2.24) is 14.9 Å². The van der Waals surface area contributed by atoms with Crippen molar-refractivity contribution in [1.29, 1.82) is 0 Å². The zero-order valence-corrected chi connectivity index (χ0v) is 16.2. The molecule has 8 heteroatoms. The number of pyridine rings is 1. The molecular weight excluding hydrogens is 372 g/mol. The summed E-state index contributed by atoms with van der Waals surface area (Å²) >= 11 is 0. The van der Waals surface area contributed by atoms with Gasteiger partial charge in [0, 0.05) is 44.1 Å². The summed E-state index contributed by atoms with van der Waals surface area (Å²) in [6.07, 6.45) is 7.27. The lowest BCUT2D eigenvalue weighted by Crippen LogP contribution is -2.27. The van der Waals surface area contributed by atoms with Gasteiger partial charge in [0.1, 0.15) is 17.1 Å². The number of aromatic amines is 1. The molecule has 8 nitrogen and oxygen atoms in total. The Morgan fingerprint density at radius 2 is 1.79 bits per heavy atom. The summed E-state index contributed by atoms with van der Waals surface area (Å²) in [6, 6.07) is 4.87. The lowest BCUT2D eigenvalue weighted by atomic mass is 10.2. The van der Waals surface area contributed by atoms with Crippen LogP contribution in [0, 0.1) is 0 Å². The van der Waals surface area contributed by atoms with Gasteiger partial charge in [0.25, 0.3) is 5.91 Å². The molecule has 2 saturated heterocycles. The molecule has 0 spiro atoms. The first-order valence-corrected chi connectivity index (χ1v) is 10.0. The number of Topliss-reactive ketones (excluding diaryl/α,β-unsaturated/α-hetero) is 1. The van der Waals surface area contributed by atoms with E-state index in [4.69, 9.17) is 4.74 Å². The van der Waals surface area contributed by atoms with Crippen LogP contribution in [0.25, 0.3) is 0 Å². The van der Waals surface area contributed by atoms with Crippen molar-refractivity contribution in [3.05, 3.63) is 47.4 Å². The first kappa shape index (κ1) is 19.2. The van der Waals surface area contributed by atoms with E-state index in [0.717, 1.165) is 51.9 Å². The third-order valence-electron chi connectivity index (χ3n) is 5.38. The highest BCUT2D eigenvalue weighted by molar-refractivity contribution is 6.02. The summed E-state index contributed by atoms with van der Waals surface area (Å²) in [5, 5.41) is 0. The Morgan fingerprint density at radius 3 is 2.55 bits per heavy atom. The van der Waals surface area contributed by atoms with Crippen molar-refractivity contribution in [2.75, 3.05) is 37.7 Å². The molecule has 1 amide bonds. The predicted molar refractivity (Wildman–Crippen MR) is 106 cm³/mol. The molecule has 1 N–H and O–H groups in total. The minimum absolute atomic E-state index is 0.107. The number of esters is 1. The van der Waals surface area contributed by atoms with Gasteiger partial charge in [-0.2, -0.15) is 0 Å². The maximum absolute atomic E-state index is 12.5. The van der Waals surface area contributed by atoms with Crippen LogP contribution in [0.2, 0.25) is 0 Å². The second-order valence-electron chi connectivity index (χ2n) is 7.37. The minimum Gasteiger partial charge on any atom is -0.454 e. The van der Waals surface area contributed by atoms with Crippen LogP contribution < -0.4 is 4.90 Å². The maximum Gasteiger partial charge on any atom is 0.342 e. The van der Waals surface area contributed by atoms with Gasteiger partial charge in [-0.3, -0.25) is 9.59 Å². The van der Waals surface area contributed by atoms with E-state index in [1.807, 2.05) is 0 Å². The zero-order chi connectivity index (χ0) is 20.2. The molecule has 2 fully saturated rings. The summed E-state index contributed by atoms with van der Waals surface area (Å²) in [5.74, 6) is -0.439. The smallest absolute Gasteiger partial charge is 0.342 e. The molecule has 0 saturated carbocycles. The Balaban J connectivity index is 1.38. The zero-order valence-electron chi connectivity index (χ0n) is 16.2. The molecule has 4 rings (SSSR count). The summed E-state index contributed by atoms with van der Waals surface area (Å²) in [7, 11) is 0. The number of carbonyl (C=O) groups is 3. The number of amides is 1. The molecule has 0 aliphatic carbocycles. The molecule has 2 aliphatic heterocycles. The van der Waals surface area contributed by atoms with Gasteiger partial charge in [-0.1, -0.05) is 0 Å². The van der Waals surface area contributed by atoms with Gasteiger partial charge in [-0.25, -0.2) is 9.78 Å². The van der Waals surface area contributed by atoms with E-state index in [1.165, 1.54) is 12.3 Å². The Kier molecular flexibility index (Phi) is 5.59. The van der Waals surface area contributed by atoms with Gasteiger partial charge in [0.15, 0.2) is 6.61 Å². The molecule has 2 aliphatic rings. The number of hydrogen-bond donors (Lipinski definition) is 1. The van der Waals surface area contributed by atoms with E-state index in [0.29, 0.717) is 22.6 Å². The van der Waals surface area contributed by atoms with Gasteiger partial charge in [-0.15, -0.1) is 0 Å². The molecule has 0 unspecified atom stereocenters. The molecule has 2 aromatic rings. The number of rotatable bonds is 6. The van der Waals surface area contributed by atoms with E-state index in [-0.39, 0.29) is 18.3 Å². The van der Waals surface area contributed by atoms with Crippen LogP contribution in [-0.2, 0) is 4.74 Å². The number of likely N-dealkylation sites (tertiary alicyclic amines) is 1. The lowest BCUT2D eigenvalue weighted by Gasteiger charge is -2.18. The largest absolute Gasteiger partial charge is 0.454 e. The van der Waals surface area contributed by atoms with Crippen molar-refractivity contribution in [3.8, 4) is 0 Å². The van der Waals surface area contributed by atoms with Crippen molar-refractivity contribution < 1.29 is 19.1 Å². The molecule has 2 aromatic heterocycles. The van der Waals surface area contributed by atoms with E-state index in [1.54, 1.807) is 23.2 Å². The fraction of sp³-hybridized carbons (Fsp3) is 0.429. The van der Waals surface area contributed by atoms with Crippen LogP contribution in [0.15, 0.2) is 30.6 Å². The van der Waals surface area contributed by atoms with Gasteiger partial charge in [0.05, 0.1) is 0 Å². The molecule has 0 atom stereocenters. The van der Waals surface area contributed by atoms with Gasteiger partial charge >= 0.3 is 5.97 Å². The Hall–Kier alpha value is -3.16. The van der Waals surface area contributed by atoms with Crippen LogP contribution >= 0.6 is 0 Å². The normalized spacial score (nSPS) is 16.3. The fourth-order valence-corrected chi connectivity index (χ4v) is 3.80. The topological polar surface area (TPSA) is 95.6 Å². The van der Waals surface area contributed by atoms with Crippen molar-refractivity contribution in [2.24, 2.45) is 0 Å². The maximum atomic E-state index is 12.5. The van der Waals surface area contributed by atoms with E-state index >= 15 is 0 Å². The lowest BCUT2D eigenvalue weighted by molar-refractivity contribution is 0.0475. The van der Waals surface area contributed by atoms with Crippen molar-refractivity contribution >= 4 is 23.5 Å². The number of hydrogen-bond acceptors (Lipinski definition) is 6. The number of nitrogens with zero attached hydrogens (tertiary/aromatic N) is 3. The van der Waals surface area contributed by atoms with Gasteiger partial charge in [0.2, 0.25) is 5.78 Å². The van der Waals surface area contributed by atoms with E-state index in [9.17, 15) is 14.4 Å². The second kappa shape index (κ2) is 8.46. The molecule has 4 heterocycles. The second-order valence-corrected chi connectivity index (χ2v) is 7.37. The highest BCUT2D eigenvalue weighted by atomic mass is 16.5. The van der Waals surface area contributed by atoms with Crippen molar-refractivity contribution in [2.45, 2.75) is 25.7 Å². The first-order valence-electron chi connectivity index (χ1n) is 10.0. The Bertz CT molecular complexity index is 911. The summed E-state index contributed by atoms with van der Waals surface area (Å²) in [5.41, 5.74) is 1.07. The quantitative estimate of drug-likeness (QED) is 0.595. The Morgan fingerprint density at radius 1 is 1.07 bits per heavy atom. The molecule has 29 heavy (non-hydrogen) atoms. The van der Waals surface area contributed by atoms with E-state index < -0.39 is 5.97 Å². The number of aromatic nitrogens is 2. The molecule has 0 radical (unpaired) electrons. The third-order valence-corrected chi connectivity index (χ3v) is 5.38. The van der Waals surface area contributed by atoms with Crippen LogP contribution in [0.5, 0.6) is 0 Å². The van der Waals surface area contributed by atoms with Crippen LogP contribution in [-0.4, -0.2) is 65.3 Å². The highest BCUT2D eigenvalue weighted by Crippen LogP contribution is 2.22. The SMILES string of the molecule is O=C(COC(=O)c1cccnc1N1CCCC1)c1c[nH]c(C(=O)N2CCCC2)c1. The predicted octanol–water partition coefficient (Wildman–Crippen LogP) is 2.29. The van der Waals surface area contributed by atoms with Crippen molar-refractivity contribution in [3.63, 3.8) is 0 Å². The molecular formula is C21H24N4O4. The summed E-state index contributed by atoms with van der Waals surface area (Å²) < 4.78 is 5.25. The average molecular weight is 396 g/mol. The third kappa shape index (κ3) is 4.16. The fourth-order valence-electron chi connectivity index (χ4n) is 3.80. The number of ketones is 1. The molecule has 152 valence electrons. The van der Waals surface area contributed by atoms with Gasteiger partial charge < -0.3 is 19.5 Å². The van der Waals surface area contributed by atoms with E-state index in [2.05, 4.69) is 14.9 Å². The monoisotopic (exact) mass is 396 g/mol. The minimum atomic E-state index is -0.572. The molecule has 0 bridgehead atoms. The summed E-state index contributed by atoms with van der Waals surface area (Å²) in [6.45, 7) is 2.80.